The van der Waals surface area contributed by atoms with Crippen LogP contribution in [-0.2, 0) is 13.5 Å². The minimum absolute atomic E-state index is 0.426. The van der Waals surface area contributed by atoms with Crippen molar-refractivity contribution in [2.75, 3.05) is 0 Å². The Hall–Kier alpha value is -0.610. The molecular weight excluding hydrogens is 182 g/mol. The summed E-state index contributed by atoms with van der Waals surface area (Å²) in [5.41, 5.74) is 5.34. The number of hydrogen-bond acceptors (Lipinski definition) is 2. The molecule has 2 N–H and O–H groups in total. The molecule has 0 radical (unpaired) electrons. The van der Waals surface area contributed by atoms with Gasteiger partial charge in [0.15, 0.2) is 0 Å². The zero-order chi connectivity index (χ0) is 8.43. The molecule has 0 amide bonds. The lowest BCUT2D eigenvalue weighted by atomic mass is 10.4. The van der Waals surface area contributed by atoms with Gasteiger partial charge in [0.1, 0.15) is 11.0 Å². The van der Waals surface area contributed by atoms with E-state index in [1.807, 2.05) is 7.05 Å². The number of hydrogen-bond donors (Lipinski definition) is 1. The second kappa shape index (κ2) is 3.19. The lowest BCUT2D eigenvalue weighted by Gasteiger charge is -1.99. The Morgan fingerprint density at radius 3 is 2.91 bits per heavy atom. The van der Waals surface area contributed by atoms with Crippen molar-refractivity contribution in [3.05, 3.63) is 17.2 Å². The van der Waals surface area contributed by atoms with Crippen molar-refractivity contribution in [3.8, 4) is 0 Å². The van der Waals surface area contributed by atoms with Crippen LogP contribution in [0, 0.1) is 0 Å². The third-order valence-corrected chi connectivity index (χ3v) is 1.86. The zero-order valence-corrected chi connectivity index (χ0v) is 7.61. The van der Waals surface area contributed by atoms with Gasteiger partial charge in [-0.15, -0.1) is 0 Å². The first-order valence-corrected chi connectivity index (χ1v) is 3.84. The van der Waals surface area contributed by atoms with E-state index in [2.05, 4.69) is 4.98 Å². The molecule has 0 aromatic carbocycles. The SMILES string of the molecule is Cn1c(Cl)cnc1CC(N)=S. The van der Waals surface area contributed by atoms with Crippen LogP contribution in [0.1, 0.15) is 5.82 Å². The van der Waals surface area contributed by atoms with Gasteiger partial charge in [0.25, 0.3) is 0 Å². The summed E-state index contributed by atoms with van der Waals surface area (Å²) in [6.07, 6.45) is 2.08. The molecular formula is C6H8ClN3S. The van der Waals surface area contributed by atoms with Crippen molar-refractivity contribution in [3.63, 3.8) is 0 Å². The van der Waals surface area contributed by atoms with E-state index in [9.17, 15) is 0 Å². The fourth-order valence-corrected chi connectivity index (χ4v) is 1.02. The van der Waals surface area contributed by atoms with Gasteiger partial charge in [-0.05, 0) is 0 Å². The Morgan fingerprint density at radius 2 is 2.55 bits per heavy atom. The Kier molecular flexibility index (Phi) is 2.46. The molecule has 0 aliphatic heterocycles. The van der Waals surface area contributed by atoms with Gasteiger partial charge in [0, 0.05) is 7.05 Å². The van der Waals surface area contributed by atoms with Gasteiger partial charge in [-0.25, -0.2) is 4.98 Å². The summed E-state index contributed by atoms with van der Waals surface area (Å²) in [4.78, 5) is 4.45. The highest BCUT2D eigenvalue weighted by Gasteiger charge is 2.04. The van der Waals surface area contributed by atoms with Crippen LogP contribution in [0.3, 0.4) is 0 Å². The molecule has 60 valence electrons. The molecule has 1 heterocycles. The summed E-state index contributed by atoms with van der Waals surface area (Å²) >= 11 is 10.5. The van der Waals surface area contributed by atoms with E-state index >= 15 is 0 Å². The first-order valence-electron chi connectivity index (χ1n) is 3.05. The molecule has 5 heteroatoms. The largest absolute Gasteiger partial charge is 0.393 e. The summed E-state index contributed by atoms with van der Waals surface area (Å²) < 4.78 is 1.75. The maximum absolute atomic E-state index is 5.73. The van der Waals surface area contributed by atoms with E-state index in [0.717, 1.165) is 5.82 Å². The quantitative estimate of drug-likeness (QED) is 0.704. The van der Waals surface area contributed by atoms with Crippen molar-refractivity contribution < 1.29 is 0 Å². The van der Waals surface area contributed by atoms with Crippen LogP contribution >= 0.6 is 23.8 Å². The minimum atomic E-state index is 0.426. The number of nitrogens with two attached hydrogens (primary N) is 1. The summed E-state index contributed by atoms with van der Waals surface area (Å²) in [6, 6.07) is 0. The molecule has 1 aromatic heterocycles. The maximum Gasteiger partial charge on any atom is 0.128 e. The molecule has 0 fully saturated rings. The molecule has 0 saturated carbocycles. The molecule has 0 aliphatic carbocycles. The average molecular weight is 190 g/mol. The summed E-state index contributed by atoms with van der Waals surface area (Å²) in [5, 5.41) is 0.594. The van der Waals surface area contributed by atoms with Gasteiger partial charge >= 0.3 is 0 Å². The van der Waals surface area contributed by atoms with Crippen LogP contribution in [0.5, 0.6) is 0 Å². The molecule has 3 nitrogen and oxygen atoms in total. The number of nitrogens with zero attached hydrogens (tertiary/aromatic N) is 2. The molecule has 11 heavy (non-hydrogen) atoms. The molecule has 1 rings (SSSR count). The van der Waals surface area contributed by atoms with E-state index in [0.29, 0.717) is 16.6 Å². The van der Waals surface area contributed by atoms with Crippen molar-refractivity contribution >= 4 is 28.8 Å². The van der Waals surface area contributed by atoms with Gasteiger partial charge in [-0.1, -0.05) is 23.8 Å². The smallest absolute Gasteiger partial charge is 0.128 e. The topological polar surface area (TPSA) is 43.8 Å². The second-order valence-electron chi connectivity index (χ2n) is 2.20. The van der Waals surface area contributed by atoms with Crippen LogP contribution < -0.4 is 5.73 Å². The standard InChI is InChI=1S/C6H8ClN3S/c1-10-4(7)3-9-6(10)2-5(8)11/h3H,2H2,1H3,(H2,8,11). The van der Waals surface area contributed by atoms with Crippen LogP contribution in [0.4, 0.5) is 0 Å². The first kappa shape index (κ1) is 8.49. The molecule has 0 bridgehead atoms. The number of rotatable bonds is 2. The number of aromatic nitrogens is 2. The third kappa shape index (κ3) is 1.91. The highest BCUT2D eigenvalue weighted by atomic mass is 35.5. The molecule has 0 unspecified atom stereocenters. The first-order chi connectivity index (χ1) is 5.11. The number of thiocarbonyl (C=S) groups is 1. The van der Waals surface area contributed by atoms with Crippen LogP contribution in [0.25, 0.3) is 0 Å². The molecule has 0 saturated heterocycles. The van der Waals surface area contributed by atoms with E-state index in [1.54, 1.807) is 10.8 Å². The normalized spacial score (nSPS) is 10.0. The van der Waals surface area contributed by atoms with Gasteiger partial charge in [-0.3, -0.25) is 0 Å². The number of halogens is 1. The summed E-state index contributed by atoms with van der Waals surface area (Å²) in [5.74, 6) is 0.794. The Morgan fingerprint density at radius 1 is 1.91 bits per heavy atom. The van der Waals surface area contributed by atoms with E-state index in [4.69, 9.17) is 29.6 Å². The van der Waals surface area contributed by atoms with Gasteiger partial charge in [0.2, 0.25) is 0 Å². The van der Waals surface area contributed by atoms with E-state index in [1.165, 1.54) is 0 Å². The average Bonchev–Trinajstić information content (AvgIpc) is 2.18. The monoisotopic (exact) mass is 189 g/mol. The van der Waals surface area contributed by atoms with Crippen LogP contribution in [0.15, 0.2) is 6.20 Å². The fraction of sp³-hybridized carbons (Fsp3) is 0.333. The Bertz CT molecular complexity index is 281. The van der Waals surface area contributed by atoms with Crippen molar-refractivity contribution in [2.45, 2.75) is 6.42 Å². The molecule has 1 aromatic rings. The summed E-state index contributed by atoms with van der Waals surface area (Å²) in [6.45, 7) is 0. The predicted molar refractivity (Wildman–Crippen MR) is 48.7 cm³/mol. The number of imidazole rings is 1. The van der Waals surface area contributed by atoms with Gasteiger partial charge in [-0.2, -0.15) is 0 Å². The van der Waals surface area contributed by atoms with Gasteiger partial charge in [0.05, 0.1) is 17.6 Å². The van der Waals surface area contributed by atoms with Crippen molar-refractivity contribution in [1.82, 2.24) is 9.55 Å². The van der Waals surface area contributed by atoms with Gasteiger partial charge < -0.3 is 10.3 Å². The van der Waals surface area contributed by atoms with Crippen LogP contribution in [0.2, 0.25) is 5.15 Å². The second-order valence-corrected chi connectivity index (χ2v) is 3.11. The summed E-state index contributed by atoms with van der Waals surface area (Å²) in [7, 11) is 1.82. The zero-order valence-electron chi connectivity index (χ0n) is 6.04. The van der Waals surface area contributed by atoms with Crippen molar-refractivity contribution in [1.29, 1.82) is 0 Å². The fourth-order valence-electron chi connectivity index (χ4n) is 0.744. The minimum Gasteiger partial charge on any atom is -0.393 e. The highest BCUT2D eigenvalue weighted by molar-refractivity contribution is 7.80. The van der Waals surface area contributed by atoms with Crippen molar-refractivity contribution in [2.24, 2.45) is 12.8 Å². The third-order valence-electron chi connectivity index (χ3n) is 1.36. The Balaban J connectivity index is 2.87. The van der Waals surface area contributed by atoms with E-state index in [-0.39, 0.29) is 0 Å². The lowest BCUT2D eigenvalue weighted by molar-refractivity contribution is 0.840. The highest BCUT2D eigenvalue weighted by Crippen LogP contribution is 2.08. The Labute approximate surface area is 75.2 Å². The lowest BCUT2D eigenvalue weighted by Crippen LogP contribution is -2.14. The maximum atomic E-state index is 5.73. The van der Waals surface area contributed by atoms with E-state index < -0.39 is 0 Å². The van der Waals surface area contributed by atoms with Crippen LogP contribution in [-0.4, -0.2) is 14.5 Å². The molecule has 0 aliphatic rings. The molecule has 0 atom stereocenters. The molecule has 0 spiro atoms. The predicted octanol–water partition coefficient (Wildman–Crippen LogP) is 0.902.